The normalized spacial score (nSPS) is 16.2. The molecule has 0 radical (unpaired) electrons. The minimum absolute atomic E-state index is 0.127. The van der Waals surface area contributed by atoms with Crippen LogP contribution in [0.3, 0.4) is 0 Å². The van der Waals surface area contributed by atoms with Gasteiger partial charge < -0.3 is 10.6 Å². The number of likely N-dealkylation sites (tertiary alicyclic amines) is 1. The van der Waals surface area contributed by atoms with Gasteiger partial charge in [-0.25, -0.2) is 4.39 Å². The van der Waals surface area contributed by atoms with Gasteiger partial charge in [0.2, 0.25) is 5.91 Å². The quantitative estimate of drug-likeness (QED) is 0.836. The Bertz CT molecular complexity index is 528. The number of nitrogens with two attached hydrogens (primary N) is 1. The number of nitrogens with zero attached hydrogens (tertiary/aromatic N) is 1. The number of carbonyl (C=O) groups excluding carboxylic acids is 2. The molecule has 6 heteroatoms. The van der Waals surface area contributed by atoms with Crippen LogP contribution in [0.1, 0.15) is 29.6 Å². The summed E-state index contributed by atoms with van der Waals surface area (Å²) in [5.41, 5.74) is 5.61. The van der Waals surface area contributed by atoms with E-state index in [-0.39, 0.29) is 22.6 Å². The lowest BCUT2D eigenvalue weighted by Gasteiger charge is -2.31. The van der Waals surface area contributed by atoms with E-state index in [0.717, 1.165) is 12.8 Å². The molecule has 1 aromatic rings. The standard InChI is InChI=1S/C14H17FN2O2S/c15-11-2-1-10(8-12(11)20)14(19)17-5-3-9(4-6-17)7-13(16)18/h1-2,8-9,20H,3-7H2,(H2,16,18). The second kappa shape index (κ2) is 6.26. The zero-order valence-electron chi connectivity index (χ0n) is 11.0. The lowest BCUT2D eigenvalue weighted by molar-refractivity contribution is -0.119. The molecule has 2 rings (SSSR count). The van der Waals surface area contributed by atoms with Crippen LogP contribution in [0.4, 0.5) is 4.39 Å². The summed E-state index contributed by atoms with van der Waals surface area (Å²) >= 11 is 3.98. The molecule has 1 saturated heterocycles. The van der Waals surface area contributed by atoms with Gasteiger partial charge in [-0.05, 0) is 37.0 Å². The maximum Gasteiger partial charge on any atom is 0.253 e. The van der Waals surface area contributed by atoms with Crippen molar-refractivity contribution in [1.82, 2.24) is 4.90 Å². The monoisotopic (exact) mass is 296 g/mol. The molecule has 1 heterocycles. The SMILES string of the molecule is NC(=O)CC1CCN(C(=O)c2ccc(F)c(S)c2)CC1. The van der Waals surface area contributed by atoms with Gasteiger partial charge in [-0.3, -0.25) is 9.59 Å². The zero-order valence-corrected chi connectivity index (χ0v) is 11.9. The van der Waals surface area contributed by atoms with Crippen LogP contribution in [0.15, 0.2) is 23.1 Å². The predicted octanol–water partition coefficient (Wildman–Crippen LogP) is 1.84. The molecule has 0 saturated carbocycles. The van der Waals surface area contributed by atoms with Gasteiger partial charge in [0.1, 0.15) is 5.82 Å². The fraction of sp³-hybridized carbons (Fsp3) is 0.429. The van der Waals surface area contributed by atoms with Gasteiger partial charge in [0.05, 0.1) is 0 Å². The molecule has 2 amide bonds. The maximum atomic E-state index is 13.1. The van der Waals surface area contributed by atoms with E-state index in [2.05, 4.69) is 12.6 Å². The van der Waals surface area contributed by atoms with Crippen molar-refractivity contribution in [1.29, 1.82) is 0 Å². The van der Waals surface area contributed by atoms with E-state index in [9.17, 15) is 14.0 Å². The van der Waals surface area contributed by atoms with Crippen molar-refractivity contribution in [2.75, 3.05) is 13.1 Å². The summed E-state index contributed by atoms with van der Waals surface area (Å²) in [5.74, 6) is -0.610. The van der Waals surface area contributed by atoms with Gasteiger partial charge in [0.15, 0.2) is 0 Å². The van der Waals surface area contributed by atoms with Gasteiger partial charge in [-0.1, -0.05) is 0 Å². The molecule has 0 bridgehead atoms. The fourth-order valence-corrected chi connectivity index (χ4v) is 2.67. The molecule has 4 nitrogen and oxygen atoms in total. The van der Waals surface area contributed by atoms with Crippen molar-refractivity contribution in [3.8, 4) is 0 Å². The molecule has 1 aliphatic rings. The molecule has 0 spiro atoms. The van der Waals surface area contributed by atoms with E-state index in [1.54, 1.807) is 4.90 Å². The first kappa shape index (κ1) is 14.8. The predicted molar refractivity (Wildman–Crippen MR) is 76.1 cm³/mol. The van der Waals surface area contributed by atoms with Crippen molar-refractivity contribution in [3.63, 3.8) is 0 Å². The van der Waals surface area contributed by atoms with Gasteiger partial charge in [-0.15, -0.1) is 12.6 Å². The first-order valence-corrected chi connectivity index (χ1v) is 6.98. The van der Waals surface area contributed by atoms with Crippen LogP contribution in [0.2, 0.25) is 0 Å². The molecular formula is C14H17FN2O2S. The Labute approximate surface area is 122 Å². The molecule has 0 unspecified atom stereocenters. The molecule has 0 aromatic heterocycles. The van der Waals surface area contributed by atoms with E-state index >= 15 is 0 Å². The molecule has 2 N–H and O–H groups in total. The van der Waals surface area contributed by atoms with Crippen LogP contribution < -0.4 is 5.73 Å². The molecule has 1 fully saturated rings. The van der Waals surface area contributed by atoms with E-state index < -0.39 is 5.82 Å². The molecule has 0 aliphatic carbocycles. The highest BCUT2D eigenvalue weighted by atomic mass is 32.1. The van der Waals surface area contributed by atoms with Crippen LogP contribution in [0, 0.1) is 11.7 Å². The average molecular weight is 296 g/mol. The van der Waals surface area contributed by atoms with Gasteiger partial charge in [0.25, 0.3) is 5.91 Å². The number of amides is 2. The highest BCUT2D eigenvalue weighted by Gasteiger charge is 2.24. The van der Waals surface area contributed by atoms with Crippen LogP contribution in [0.5, 0.6) is 0 Å². The van der Waals surface area contributed by atoms with Gasteiger partial charge in [0, 0.05) is 30.0 Å². The minimum Gasteiger partial charge on any atom is -0.370 e. The fourth-order valence-electron chi connectivity index (χ4n) is 2.45. The molecule has 108 valence electrons. The number of hydrogen-bond acceptors (Lipinski definition) is 3. The summed E-state index contributed by atoms with van der Waals surface area (Å²) in [6.45, 7) is 1.19. The number of rotatable bonds is 3. The van der Waals surface area contributed by atoms with Crippen molar-refractivity contribution in [2.45, 2.75) is 24.2 Å². The zero-order chi connectivity index (χ0) is 14.7. The Morgan fingerprint density at radius 2 is 2.00 bits per heavy atom. The smallest absolute Gasteiger partial charge is 0.253 e. The Kier molecular flexibility index (Phi) is 4.65. The Balaban J connectivity index is 1.97. The van der Waals surface area contributed by atoms with Crippen molar-refractivity contribution in [3.05, 3.63) is 29.6 Å². The highest BCUT2D eigenvalue weighted by Crippen LogP contribution is 2.22. The summed E-state index contributed by atoms with van der Waals surface area (Å²) in [6, 6.07) is 4.15. The summed E-state index contributed by atoms with van der Waals surface area (Å²) in [7, 11) is 0. The van der Waals surface area contributed by atoms with Crippen LogP contribution >= 0.6 is 12.6 Å². The second-order valence-electron chi connectivity index (χ2n) is 5.07. The van der Waals surface area contributed by atoms with Gasteiger partial charge >= 0.3 is 0 Å². The number of carbonyl (C=O) groups is 2. The molecular weight excluding hydrogens is 279 g/mol. The second-order valence-corrected chi connectivity index (χ2v) is 5.55. The van der Waals surface area contributed by atoms with E-state index in [1.165, 1.54) is 18.2 Å². The van der Waals surface area contributed by atoms with Crippen LogP contribution in [-0.2, 0) is 4.79 Å². The maximum absolute atomic E-state index is 13.1. The largest absolute Gasteiger partial charge is 0.370 e. The van der Waals surface area contributed by atoms with Crippen LogP contribution in [0.25, 0.3) is 0 Å². The van der Waals surface area contributed by atoms with Crippen molar-refractivity contribution in [2.24, 2.45) is 11.7 Å². The van der Waals surface area contributed by atoms with E-state index in [1.807, 2.05) is 0 Å². The Hall–Kier alpha value is -1.56. The number of halogens is 1. The first-order chi connectivity index (χ1) is 9.47. The lowest BCUT2D eigenvalue weighted by Crippen LogP contribution is -2.39. The Morgan fingerprint density at radius 3 is 2.55 bits per heavy atom. The number of piperidine rings is 1. The number of hydrogen-bond donors (Lipinski definition) is 2. The lowest BCUT2D eigenvalue weighted by atomic mass is 9.93. The van der Waals surface area contributed by atoms with Crippen molar-refractivity contribution < 1.29 is 14.0 Å². The summed E-state index contributed by atoms with van der Waals surface area (Å²) in [5, 5.41) is 0. The number of benzene rings is 1. The average Bonchev–Trinajstić information content (AvgIpc) is 2.41. The van der Waals surface area contributed by atoms with Crippen molar-refractivity contribution >= 4 is 24.4 Å². The first-order valence-electron chi connectivity index (χ1n) is 6.53. The number of thiol groups is 1. The summed E-state index contributed by atoms with van der Waals surface area (Å²) in [4.78, 5) is 25.0. The highest BCUT2D eigenvalue weighted by molar-refractivity contribution is 7.80. The number of primary amides is 1. The van der Waals surface area contributed by atoms with Gasteiger partial charge in [-0.2, -0.15) is 0 Å². The molecule has 20 heavy (non-hydrogen) atoms. The molecule has 1 aliphatic heterocycles. The van der Waals surface area contributed by atoms with E-state index in [0.29, 0.717) is 25.1 Å². The molecule has 0 atom stereocenters. The summed E-state index contributed by atoms with van der Waals surface area (Å²) < 4.78 is 13.1. The third-order valence-corrected chi connectivity index (χ3v) is 3.93. The summed E-state index contributed by atoms with van der Waals surface area (Å²) in [6.07, 6.45) is 1.91. The Morgan fingerprint density at radius 1 is 1.35 bits per heavy atom. The molecule has 1 aromatic carbocycles. The minimum atomic E-state index is -0.440. The third kappa shape index (κ3) is 3.50. The van der Waals surface area contributed by atoms with Crippen LogP contribution in [-0.4, -0.2) is 29.8 Å². The third-order valence-electron chi connectivity index (χ3n) is 3.58. The van der Waals surface area contributed by atoms with E-state index in [4.69, 9.17) is 5.73 Å². The topological polar surface area (TPSA) is 63.4 Å².